The van der Waals surface area contributed by atoms with Crippen LogP contribution in [0, 0.1) is 0 Å². The topological polar surface area (TPSA) is 89.0 Å². The van der Waals surface area contributed by atoms with E-state index >= 15 is 0 Å². The second kappa shape index (κ2) is 10.2. The third-order valence-electron chi connectivity index (χ3n) is 3.52. The summed E-state index contributed by atoms with van der Waals surface area (Å²) in [5.41, 5.74) is 3.61. The highest BCUT2D eigenvalue weighted by atomic mass is 35.5. The molecule has 2 rings (SSSR count). The van der Waals surface area contributed by atoms with E-state index in [1.807, 2.05) is 0 Å². The van der Waals surface area contributed by atoms with Gasteiger partial charge in [-0.25, -0.2) is 5.43 Å². The quantitative estimate of drug-likeness (QED) is 0.536. The van der Waals surface area contributed by atoms with Crippen LogP contribution in [0.4, 0.5) is 5.69 Å². The Kier molecular flexibility index (Phi) is 7.63. The van der Waals surface area contributed by atoms with Gasteiger partial charge in [-0.3, -0.25) is 9.59 Å². The van der Waals surface area contributed by atoms with Crippen molar-refractivity contribution < 1.29 is 19.1 Å². The predicted molar refractivity (Wildman–Crippen MR) is 105 cm³/mol. The van der Waals surface area contributed by atoms with Gasteiger partial charge in [0.15, 0.2) is 0 Å². The highest BCUT2D eigenvalue weighted by Crippen LogP contribution is 2.22. The molecule has 0 bridgehead atoms. The van der Waals surface area contributed by atoms with Crippen LogP contribution >= 0.6 is 11.6 Å². The second-order valence-electron chi connectivity index (χ2n) is 5.46. The fourth-order valence-corrected chi connectivity index (χ4v) is 2.38. The summed E-state index contributed by atoms with van der Waals surface area (Å²) in [5, 5.41) is 7.09. The molecular weight excluding hydrogens is 370 g/mol. The molecular formula is C19H20ClN3O4. The summed E-state index contributed by atoms with van der Waals surface area (Å²) in [7, 11) is 3.09. The number of anilines is 1. The third kappa shape index (κ3) is 6.63. The molecule has 27 heavy (non-hydrogen) atoms. The molecule has 0 aromatic heterocycles. The molecule has 2 N–H and O–H groups in total. The maximum absolute atomic E-state index is 11.9. The minimum Gasteiger partial charge on any atom is -0.497 e. The van der Waals surface area contributed by atoms with Crippen LogP contribution in [0.5, 0.6) is 11.5 Å². The van der Waals surface area contributed by atoms with Crippen LogP contribution in [0.1, 0.15) is 18.4 Å². The van der Waals surface area contributed by atoms with E-state index in [1.165, 1.54) is 13.3 Å². The van der Waals surface area contributed by atoms with Gasteiger partial charge in [0, 0.05) is 29.1 Å². The summed E-state index contributed by atoms with van der Waals surface area (Å²) in [6.07, 6.45) is 1.47. The summed E-state index contributed by atoms with van der Waals surface area (Å²) < 4.78 is 10.4. The normalized spacial score (nSPS) is 10.5. The van der Waals surface area contributed by atoms with Gasteiger partial charge in [0.05, 0.1) is 20.4 Å². The van der Waals surface area contributed by atoms with Gasteiger partial charge in [0.25, 0.3) is 0 Å². The van der Waals surface area contributed by atoms with Crippen molar-refractivity contribution in [1.82, 2.24) is 5.43 Å². The number of nitrogens with one attached hydrogen (secondary N) is 2. The summed E-state index contributed by atoms with van der Waals surface area (Å²) in [5.74, 6) is 0.566. The van der Waals surface area contributed by atoms with Crippen LogP contribution in [0.3, 0.4) is 0 Å². The lowest BCUT2D eigenvalue weighted by molar-refractivity contribution is -0.124. The van der Waals surface area contributed by atoms with Crippen LogP contribution in [0.15, 0.2) is 47.6 Å². The van der Waals surface area contributed by atoms with Gasteiger partial charge < -0.3 is 14.8 Å². The van der Waals surface area contributed by atoms with Crippen molar-refractivity contribution in [3.8, 4) is 11.5 Å². The van der Waals surface area contributed by atoms with Crippen LogP contribution in [-0.2, 0) is 9.59 Å². The fourth-order valence-electron chi connectivity index (χ4n) is 2.19. The average Bonchev–Trinajstić information content (AvgIpc) is 2.66. The number of amides is 2. The van der Waals surface area contributed by atoms with Crippen molar-refractivity contribution >= 4 is 35.3 Å². The number of methoxy groups -OCH3 is 2. The zero-order chi connectivity index (χ0) is 19.6. The fraction of sp³-hybridized carbons (Fsp3) is 0.211. The Morgan fingerprint density at radius 1 is 1.07 bits per heavy atom. The van der Waals surface area contributed by atoms with E-state index in [2.05, 4.69) is 15.8 Å². The van der Waals surface area contributed by atoms with Crippen LogP contribution in [0.25, 0.3) is 0 Å². The Morgan fingerprint density at radius 2 is 1.85 bits per heavy atom. The van der Waals surface area contributed by atoms with E-state index in [9.17, 15) is 9.59 Å². The first-order chi connectivity index (χ1) is 13.0. The average molecular weight is 390 g/mol. The van der Waals surface area contributed by atoms with Crippen molar-refractivity contribution in [1.29, 1.82) is 0 Å². The molecule has 7 nitrogen and oxygen atoms in total. The van der Waals surface area contributed by atoms with Gasteiger partial charge in [-0.15, -0.1) is 0 Å². The maximum Gasteiger partial charge on any atom is 0.240 e. The third-order valence-corrected chi connectivity index (χ3v) is 3.75. The molecule has 0 atom stereocenters. The Hall–Kier alpha value is -3.06. The van der Waals surface area contributed by atoms with Crippen molar-refractivity contribution in [2.24, 2.45) is 5.10 Å². The van der Waals surface area contributed by atoms with Gasteiger partial charge in [-0.1, -0.05) is 17.7 Å². The minimum absolute atomic E-state index is 0.00101. The van der Waals surface area contributed by atoms with Crippen LogP contribution < -0.4 is 20.2 Å². The van der Waals surface area contributed by atoms with E-state index in [1.54, 1.807) is 49.6 Å². The summed E-state index contributed by atoms with van der Waals surface area (Å²) in [6, 6.07) is 12.0. The molecule has 0 saturated heterocycles. The van der Waals surface area contributed by atoms with Gasteiger partial charge in [-0.05, 0) is 36.4 Å². The lowest BCUT2D eigenvalue weighted by atomic mass is 10.2. The van der Waals surface area contributed by atoms with Crippen molar-refractivity contribution in [2.75, 3.05) is 19.5 Å². The number of benzene rings is 2. The molecule has 0 saturated carbocycles. The maximum atomic E-state index is 11.9. The Bertz CT molecular complexity index is 839. The van der Waals surface area contributed by atoms with Crippen molar-refractivity contribution in [2.45, 2.75) is 12.8 Å². The van der Waals surface area contributed by atoms with Crippen molar-refractivity contribution in [3.05, 3.63) is 53.1 Å². The number of halogens is 1. The molecule has 142 valence electrons. The first-order valence-corrected chi connectivity index (χ1v) is 8.49. The number of ether oxygens (including phenoxy) is 2. The summed E-state index contributed by atoms with van der Waals surface area (Å²) in [4.78, 5) is 23.7. The smallest absolute Gasteiger partial charge is 0.240 e. The molecule has 0 spiro atoms. The minimum atomic E-state index is -0.380. The first-order valence-electron chi connectivity index (χ1n) is 8.11. The highest BCUT2D eigenvalue weighted by Gasteiger charge is 2.07. The summed E-state index contributed by atoms with van der Waals surface area (Å²) in [6.45, 7) is 0. The lowest BCUT2D eigenvalue weighted by Gasteiger charge is -2.07. The lowest BCUT2D eigenvalue weighted by Crippen LogP contribution is -2.20. The number of hydrogen-bond acceptors (Lipinski definition) is 5. The monoisotopic (exact) mass is 389 g/mol. The zero-order valence-electron chi connectivity index (χ0n) is 15.0. The molecule has 2 aromatic rings. The first kappa shape index (κ1) is 20.3. The molecule has 8 heteroatoms. The van der Waals surface area contributed by atoms with Gasteiger partial charge >= 0.3 is 0 Å². The molecule has 0 fully saturated rings. The molecule has 0 aliphatic carbocycles. The molecule has 0 radical (unpaired) electrons. The predicted octanol–water partition coefficient (Wildman–Crippen LogP) is 3.23. The SMILES string of the molecule is COc1ccc(OC)c(C=NNC(=O)CCC(=O)Nc2cccc(Cl)c2)c1. The molecule has 0 unspecified atom stereocenters. The Labute approximate surface area is 162 Å². The number of hydrogen-bond donors (Lipinski definition) is 2. The zero-order valence-corrected chi connectivity index (χ0v) is 15.7. The molecule has 0 aliphatic heterocycles. The number of nitrogens with zero attached hydrogens (tertiary/aromatic N) is 1. The van der Waals surface area contributed by atoms with E-state index in [4.69, 9.17) is 21.1 Å². The number of carbonyl (C=O) groups excluding carboxylic acids is 2. The van der Waals surface area contributed by atoms with E-state index in [-0.39, 0.29) is 24.7 Å². The van der Waals surface area contributed by atoms with Gasteiger partial charge in [0.2, 0.25) is 11.8 Å². The highest BCUT2D eigenvalue weighted by molar-refractivity contribution is 6.30. The number of hydrazone groups is 1. The largest absolute Gasteiger partial charge is 0.497 e. The Morgan fingerprint density at radius 3 is 2.56 bits per heavy atom. The molecule has 2 amide bonds. The van der Waals surface area contributed by atoms with Crippen LogP contribution in [0.2, 0.25) is 5.02 Å². The molecule has 0 heterocycles. The standard InChI is InChI=1S/C19H20ClN3O4/c1-26-16-6-7-17(27-2)13(10-16)12-21-23-19(25)9-8-18(24)22-15-5-3-4-14(20)11-15/h3-7,10-12H,8-9H2,1-2H3,(H,22,24)(H,23,25). The molecule has 0 aliphatic rings. The van der Waals surface area contributed by atoms with E-state index < -0.39 is 0 Å². The number of carbonyl (C=O) groups is 2. The second-order valence-corrected chi connectivity index (χ2v) is 5.90. The summed E-state index contributed by atoms with van der Waals surface area (Å²) >= 11 is 5.86. The van der Waals surface area contributed by atoms with Crippen LogP contribution in [-0.4, -0.2) is 32.2 Å². The number of rotatable bonds is 8. The molecule has 2 aromatic carbocycles. The Balaban J connectivity index is 1.82. The van der Waals surface area contributed by atoms with E-state index in [0.29, 0.717) is 27.8 Å². The van der Waals surface area contributed by atoms with E-state index in [0.717, 1.165) is 0 Å². The van der Waals surface area contributed by atoms with Gasteiger partial charge in [0.1, 0.15) is 11.5 Å². The van der Waals surface area contributed by atoms with Gasteiger partial charge in [-0.2, -0.15) is 5.10 Å². The van der Waals surface area contributed by atoms with Crippen molar-refractivity contribution in [3.63, 3.8) is 0 Å².